The topological polar surface area (TPSA) is 102 Å². The van der Waals surface area contributed by atoms with Gasteiger partial charge in [0.15, 0.2) is 0 Å². The molecule has 0 aliphatic rings. The molecule has 25 heavy (non-hydrogen) atoms. The summed E-state index contributed by atoms with van der Waals surface area (Å²) in [6.45, 7) is 1.73. The van der Waals surface area contributed by atoms with Crippen LogP contribution in [0.3, 0.4) is 0 Å². The van der Waals surface area contributed by atoms with Crippen molar-refractivity contribution in [3.05, 3.63) is 76.7 Å². The largest absolute Gasteiger partial charge is 0.457 e. The molecule has 0 bridgehead atoms. The second-order valence-electron chi connectivity index (χ2n) is 5.48. The minimum atomic E-state index is -3.87. The van der Waals surface area contributed by atoms with Crippen LogP contribution in [0.2, 0.25) is 0 Å². The standard InChI is InChI=1S/C18H16N2O4S/c1-12-15(8-10-18(21)20-12)16-11-14(25(19,22)23)7-9-17(16)24-13-5-3-2-4-6-13/h2-11H,1H3,(H,20,21)(H2,19,22,23). The molecule has 3 N–H and O–H groups in total. The summed E-state index contributed by atoms with van der Waals surface area (Å²) in [6, 6.07) is 16.5. The Kier molecular flexibility index (Phi) is 4.43. The van der Waals surface area contributed by atoms with Crippen molar-refractivity contribution in [1.29, 1.82) is 0 Å². The summed E-state index contributed by atoms with van der Waals surface area (Å²) in [4.78, 5) is 14.1. The molecular weight excluding hydrogens is 340 g/mol. The molecule has 0 fully saturated rings. The van der Waals surface area contributed by atoms with E-state index in [2.05, 4.69) is 4.98 Å². The highest BCUT2D eigenvalue weighted by molar-refractivity contribution is 7.89. The molecule has 0 spiro atoms. The van der Waals surface area contributed by atoms with Gasteiger partial charge >= 0.3 is 0 Å². The number of benzene rings is 2. The van der Waals surface area contributed by atoms with Gasteiger partial charge in [0.1, 0.15) is 11.5 Å². The molecule has 128 valence electrons. The van der Waals surface area contributed by atoms with Gasteiger partial charge in [-0.05, 0) is 43.3 Å². The Balaban J connectivity index is 2.19. The van der Waals surface area contributed by atoms with Crippen LogP contribution in [-0.4, -0.2) is 13.4 Å². The second-order valence-corrected chi connectivity index (χ2v) is 7.04. The molecule has 0 aliphatic carbocycles. The van der Waals surface area contributed by atoms with Crippen LogP contribution >= 0.6 is 0 Å². The molecule has 0 saturated heterocycles. The minimum absolute atomic E-state index is 0.0338. The molecule has 1 heterocycles. The fraction of sp³-hybridized carbons (Fsp3) is 0.0556. The smallest absolute Gasteiger partial charge is 0.248 e. The van der Waals surface area contributed by atoms with Crippen LogP contribution in [0.25, 0.3) is 11.1 Å². The summed E-state index contributed by atoms with van der Waals surface area (Å²) in [6.07, 6.45) is 0. The van der Waals surface area contributed by atoms with Crippen molar-refractivity contribution in [2.75, 3.05) is 0 Å². The number of aromatic amines is 1. The van der Waals surface area contributed by atoms with Gasteiger partial charge in [0.05, 0.1) is 4.90 Å². The maximum atomic E-state index is 11.7. The lowest BCUT2D eigenvalue weighted by atomic mass is 10.0. The number of aryl methyl sites for hydroxylation is 1. The number of aromatic nitrogens is 1. The molecule has 0 atom stereocenters. The SMILES string of the molecule is Cc1[nH]c(=O)ccc1-c1cc(S(N)(=O)=O)ccc1Oc1ccccc1. The Hall–Kier alpha value is -2.90. The van der Waals surface area contributed by atoms with Crippen molar-refractivity contribution in [3.63, 3.8) is 0 Å². The van der Waals surface area contributed by atoms with Crippen LogP contribution in [0.15, 0.2) is 70.4 Å². The number of hydrogen-bond acceptors (Lipinski definition) is 4. The number of sulfonamides is 1. The Morgan fingerprint density at radius 1 is 0.960 bits per heavy atom. The second kappa shape index (κ2) is 6.54. The predicted molar refractivity (Wildman–Crippen MR) is 95.1 cm³/mol. The monoisotopic (exact) mass is 356 g/mol. The first kappa shape index (κ1) is 16.9. The summed E-state index contributed by atoms with van der Waals surface area (Å²) in [7, 11) is -3.87. The van der Waals surface area contributed by atoms with E-state index in [1.807, 2.05) is 18.2 Å². The Morgan fingerprint density at radius 2 is 1.68 bits per heavy atom. The van der Waals surface area contributed by atoms with E-state index < -0.39 is 10.0 Å². The number of primary sulfonamides is 1. The number of ether oxygens (including phenoxy) is 1. The summed E-state index contributed by atoms with van der Waals surface area (Å²) in [5, 5.41) is 5.24. The van der Waals surface area contributed by atoms with Gasteiger partial charge < -0.3 is 9.72 Å². The fourth-order valence-corrected chi connectivity index (χ4v) is 3.01. The first-order valence-corrected chi connectivity index (χ1v) is 8.99. The number of rotatable bonds is 4. The molecule has 2 aromatic carbocycles. The van der Waals surface area contributed by atoms with Crippen molar-refractivity contribution < 1.29 is 13.2 Å². The van der Waals surface area contributed by atoms with E-state index in [0.29, 0.717) is 28.3 Å². The molecule has 7 heteroatoms. The maximum absolute atomic E-state index is 11.7. The van der Waals surface area contributed by atoms with E-state index in [4.69, 9.17) is 9.88 Å². The molecule has 1 aromatic heterocycles. The molecule has 0 unspecified atom stereocenters. The number of hydrogen-bond donors (Lipinski definition) is 2. The zero-order valence-electron chi connectivity index (χ0n) is 13.4. The van der Waals surface area contributed by atoms with Gasteiger partial charge in [-0.25, -0.2) is 13.6 Å². The lowest BCUT2D eigenvalue weighted by Crippen LogP contribution is -2.12. The normalized spacial score (nSPS) is 11.3. The van der Waals surface area contributed by atoms with Crippen molar-refractivity contribution in [2.24, 2.45) is 5.14 Å². The highest BCUT2D eigenvalue weighted by Gasteiger charge is 2.16. The lowest BCUT2D eigenvalue weighted by Gasteiger charge is -2.14. The summed E-state index contributed by atoms with van der Waals surface area (Å²) in [5.41, 5.74) is 1.52. The quantitative estimate of drug-likeness (QED) is 0.750. The molecule has 0 aliphatic heterocycles. The van der Waals surface area contributed by atoms with E-state index in [0.717, 1.165) is 0 Å². The van der Waals surface area contributed by atoms with Gasteiger partial charge in [-0.3, -0.25) is 4.79 Å². The van der Waals surface area contributed by atoms with E-state index >= 15 is 0 Å². The van der Waals surface area contributed by atoms with Gasteiger partial charge in [-0.1, -0.05) is 18.2 Å². The maximum Gasteiger partial charge on any atom is 0.248 e. The van der Waals surface area contributed by atoms with E-state index in [1.54, 1.807) is 31.2 Å². The van der Waals surface area contributed by atoms with Gasteiger partial charge in [0, 0.05) is 22.9 Å². The minimum Gasteiger partial charge on any atom is -0.457 e. The van der Waals surface area contributed by atoms with E-state index in [9.17, 15) is 13.2 Å². The highest BCUT2D eigenvalue weighted by Crippen LogP contribution is 2.35. The highest BCUT2D eigenvalue weighted by atomic mass is 32.2. The zero-order chi connectivity index (χ0) is 18.0. The van der Waals surface area contributed by atoms with Crippen LogP contribution in [0.1, 0.15) is 5.69 Å². The third-order valence-electron chi connectivity index (χ3n) is 3.66. The van der Waals surface area contributed by atoms with Crippen molar-refractivity contribution >= 4 is 10.0 Å². The van der Waals surface area contributed by atoms with Crippen LogP contribution < -0.4 is 15.4 Å². The molecule has 0 radical (unpaired) electrons. The first-order chi connectivity index (χ1) is 11.8. The van der Waals surface area contributed by atoms with E-state index in [-0.39, 0.29) is 10.5 Å². The summed E-state index contributed by atoms with van der Waals surface area (Å²) >= 11 is 0. The van der Waals surface area contributed by atoms with Gasteiger partial charge in [-0.15, -0.1) is 0 Å². The third-order valence-corrected chi connectivity index (χ3v) is 4.57. The third kappa shape index (κ3) is 3.78. The van der Waals surface area contributed by atoms with Crippen LogP contribution in [0, 0.1) is 6.92 Å². The van der Waals surface area contributed by atoms with Crippen LogP contribution in [0.4, 0.5) is 0 Å². The molecule has 0 amide bonds. The van der Waals surface area contributed by atoms with Gasteiger partial charge in [0.2, 0.25) is 15.6 Å². The Labute approximate surface area is 145 Å². The summed E-state index contributed by atoms with van der Waals surface area (Å²) < 4.78 is 29.3. The van der Waals surface area contributed by atoms with Gasteiger partial charge in [0.25, 0.3) is 0 Å². The predicted octanol–water partition coefficient (Wildman–Crippen LogP) is 2.79. The lowest BCUT2D eigenvalue weighted by molar-refractivity contribution is 0.484. The number of pyridine rings is 1. The van der Waals surface area contributed by atoms with Crippen molar-refractivity contribution in [1.82, 2.24) is 4.98 Å². The average molecular weight is 356 g/mol. The molecular formula is C18H16N2O4S. The zero-order valence-corrected chi connectivity index (χ0v) is 14.2. The average Bonchev–Trinajstić information content (AvgIpc) is 2.55. The Bertz CT molecular complexity index is 1070. The number of H-pyrrole nitrogens is 1. The van der Waals surface area contributed by atoms with Crippen molar-refractivity contribution in [3.8, 4) is 22.6 Å². The number of nitrogens with one attached hydrogen (secondary N) is 1. The Morgan fingerprint density at radius 3 is 2.32 bits per heavy atom. The van der Waals surface area contributed by atoms with Crippen molar-refractivity contribution in [2.45, 2.75) is 11.8 Å². The number of nitrogens with two attached hydrogens (primary N) is 1. The molecule has 6 nitrogen and oxygen atoms in total. The van der Waals surface area contributed by atoms with Crippen LogP contribution in [0.5, 0.6) is 11.5 Å². The fourth-order valence-electron chi connectivity index (χ4n) is 2.47. The molecule has 3 aromatic rings. The first-order valence-electron chi connectivity index (χ1n) is 7.44. The van der Waals surface area contributed by atoms with Crippen LogP contribution in [-0.2, 0) is 10.0 Å². The summed E-state index contributed by atoms with van der Waals surface area (Å²) in [5.74, 6) is 1.06. The molecule has 0 saturated carbocycles. The van der Waals surface area contributed by atoms with Gasteiger partial charge in [-0.2, -0.15) is 0 Å². The molecule has 3 rings (SSSR count). The number of para-hydroxylation sites is 1. The van der Waals surface area contributed by atoms with E-state index in [1.165, 1.54) is 18.2 Å².